The van der Waals surface area contributed by atoms with Crippen LogP contribution in [0.4, 0.5) is 11.4 Å². The zero-order valence-corrected chi connectivity index (χ0v) is 10.7. The molecule has 0 aliphatic rings. The molecule has 92 valence electrons. The van der Waals surface area contributed by atoms with Gasteiger partial charge in [0.1, 0.15) is 5.69 Å². The van der Waals surface area contributed by atoms with Crippen LogP contribution < -0.4 is 5.43 Å². The zero-order chi connectivity index (χ0) is 13.0. The van der Waals surface area contributed by atoms with Gasteiger partial charge in [0.25, 0.3) is 0 Å². The number of anilines is 1. The van der Waals surface area contributed by atoms with Crippen molar-refractivity contribution >= 4 is 34.6 Å². The van der Waals surface area contributed by atoms with Crippen molar-refractivity contribution < 1.29 is 4.86 Å². The molecule has 2 aromatic carbocycles. The highest BCUT2D eigenvalue weighted by atomic mass is 35.5. The molecular formula is C12H9Cl2N3O. The summed E-state index contributed by atoms with van der Waals surface area (Å²) < 4.78 is 0. The van der Waals surface area contributed by atoms with Crippen molar-refractivity contribution in [2.24, 2.45) is 5.22 Å². The Morgan fingerprint density at radius 3 is 1.94 bits per heavy atom. The van der Waals surface area contributed by atoms with E-state index >= 15 is 0 Å². The third-order valence-corrected chi connectivity index (χ3v) is 2.67. The number of nitrogens with one attached hydrogen (secondary N) is 1. The minimum absolute atomic E-state index is 0.390. The summed E-state index contributed by atoms with van der Waals surface area (Å²) in [7, 11) is 0. The first kappa shape index (κ1) is 12.7. The molecule has 0 saturated heterocycles. The highest BCUT2D eigenvalue weighted by Crippen LogP contribution is 2.17. The Labute approximate surface area is 114 Å². The molecule has 0 saturated carbocycles. The van der Waals surface area contributed by atoms with Crippen molar-refractivity contribution in [3.63, 3.8) is 0 Å². The topological polar surface area (TPSA) is 50.5 Å². The Balaban J connectivity index is 2.09. The Morgan fingerprint density at radius 1 is 0.889 bits per heavy atom. The molecule has 6 heteroatoms. The average Bonchev–Trinajstić information content (AvgIpc) is 2.38. The van der Waals surface area contributed by atoms with E-state index in [0.29, 0.717) is 26.3 Å². The quantitative estimate of drug-likeness (QED) is 0.507. The third kappa shape index (κ3) is 3.35. The molecule has 0 unspecified atom stereocenters. The lowest BCUT2D eigenvalue weighted by Gasteiger charge is -2.05. The molecule has 0 fully saturated rings. The van der Waals surface area contributed by atoms with Gasteiger partial charge in [-0.3, -0.25) is 0 Å². The average molecular weight is 282 g/mol. The Kier molecular flexibility index (Phi) is 4.02. The number of hydrogen-bond donors (Lipinski definition) is 1. The van der Waals surface area contributed by atoms with Gasteiger partial charge in [-0.1, -0.05) is 23.2 Å². The monoisotopic (exact) mass is 281 g/mol. The van der Waals surface area contributed by atoms with Gasteiger partial charge in [-0.05, 0) is 48.5 Å². The summed E-state index contributed by atoms with van der Waals surface area (Å²) in [5, 5.41) is 16.5. The molecule has 4 nitrogen and oxygen atoms in total. The van der Waals surface area contributed by atoms with Gasteiger partial charge >= 0.3 is 0 Å². The van der Waals surface area contributed by atoms with Gasteiger partial charge in [0.2, 0.25) is 0 Å². The number of rotatable bonds is 3. The van der Waals surface area contributed by atoms with Gasteiger partial charge in [0.05, 0.1) is 5.22 Å². The maximum Gasteiger partial charge on any atom is 0.154 e. The molecule has 0 aromatic heterocycles. The summed E-state index contributed by atoms with van der Waals surface area (Å²) in [5.41, 5.74) is 3.70. The summed E-state index contributed by atoms with van der Waals surface area (Å²) in [4.78, 5) is 0.477. The zero-order valence-electron chi connectivity index (χ0n) is 9.18. The first-order chi connectivity index (χ1) is 8.65. The molecule has 0 amide bonds. The van der Waals surface area contributed by atoms with Crippen molar-refractivity contribution in [2.75, 3.05) is 5.43 Å². The summed E-state index contributed by atoms with van der Waals surface area (Å²) >= 11 is 11.5. The SMILES string of the molecule is [O-][N+](=NNc1ccc(Cl)cc1)c1ccc(Cl)cc1. The lowest BCUT2D eigenvalue weighted by Crippen LogP contribution is -1.97. The molecule has 0 aliphatic carbocycles. The van der Waals surface area contributed by atoms with Crippen LogP contribution in [-0.2, 0) is 0 Å². The van der Waals surface area contributed by atoms with Crippen LogP contribution >= 0.6 is 23.2 Å². The van der Waals surface area contributed by atoms with Crippen molar-refractivity contribution in [2.45, 2.75) is 0 Å². The van der Waals surface area contributed by atoms with Gasteiger partial charge in [-0.25, -0.2) is 0 Å². The van der Waals surface area contributed by atoms with E-state index in [9.17, 15) is 5.21 Å². The number of nitrogens with zero attached hydrogens (tertiary/aromatic N) is 2. The predicted octanol–water partition coefficient (Wildman–Crippen LogP) is 4.61. The van der Waals surface area contributed by atoms with E-state index in [2.05, 4.69) is 10.6 Å². The molecule has 0 heterocycles. The largest absolute Gasteiger partial charge is 0.691 e. The van der Waals surface area contributed by atoms with Crippen LogP contribution in [0.2, 0.25) is 10.0 Å². The summed E-state index contributed by atoms with van der Waals surface area (Å²) in [5.74, 6) is 0. The third-order valence-electron chi connectivity index (χ3n) is 2.16. The lowest BCUT2D eigenvalue weighted by molar-refractivity contribution is -0.439. The predicted molar refractivity (Wildman–Crippen MR) is 72.2 cm³/mol. The first-order valence-corrected chi connectivity index (χ1v) is 5.86. The smallest absolute Gasteiger partial charge is 0.154 e. The minimum atomic E-state index is 0.390. The van der Waals surface area contributed by atoms with Crippen LogP contribution in [0, 0.1) is 5.21 Å². The van der Waals surface area contributed by atoms with E-state index < -0.39 is 0 Å². The Hall–Kier alpha value is -1.78. The van der Waals surface area contributed by atoms with Gasteiger partial charge in [-0.15, -0.1) is 10.3 Å². The summed E-state index contributed by atoms with van der Waals surface area (Å²) in [6, 6.07) is 13.3. The van der Waals surface area contributed by atoms with Crippen LogP contribution in [0.1, 0.15) is 0 Å². The Morgan fingerprint density at radius 2 is 1.39 bits per heavy atom. The fraction of sp³-hybridized carbons (Fsp3) is 0. The van der Waals surface area contributed by atoms with E-state index in [0.717, 1.165) is 0 Å². The number of halogens is 2. The summed E-state index contributed by atoms with van der Waals surface area (Å²) in [6.45, 7) is 0. The maximum absolute atomic E-state index is 11.6. The molecule has 0 aliphatic heterocycles. The molecule has 0 radical (unpaired) electrons. The van der Waals surface area contributed by atoms with Crippen molar-refractivity contribution in [1.82, 2.24) is 0 Å². The van der Waals surface area contributed by atoms with E-state index in [1.54, 1.807) is 48.5 Å². The molecule has 0 bridgehead atoms. The van der Waals surface area contributed by atoms with E-state index in [1.165, 1.54) is 0 Å². The highest BCUT2D eigenvalue weighted by Gasteiger charge is 1.99. The van der Waals surface area contributed by atoms with Gasteiger partial charge in [0.15, 0.2) is 5.69 Å². The first-order valence-electron chi connectivity index (χ1n) is 5.10. The molecule has 0 atom stereocenters. The fourth-order valence-corrected chi connectivity index (χ4v) is 1.51. The molecule has 2 aromatic rings. The molecule has 2 rings (SSSR count). The van der Waals surface area contributed by atoms with Crippen LogP contribution in [0.25, 0.3) is 0 Å². The fourth-order valence-electron chi connectivity index (χ4n) is 1.25. The molecule has 1 N–H and O–H groups in total. The van der Waals surface area contributed by atoms with Crippen molar-refractivity contribution in [3.8, 4) is 0 Å². The van der Waals surface area contributed by atoms with Gasteiger partial charge in [0, 0.05) is 10.0 Å². The van der Waals surface area contributed by atoms with Crippen LogP contribution in [0.5, 0.6) is 0 Å². The highest BCUT2D eigenvalue weighted by molar-refractivity contribution is 6.30. The molecule has 0 spiro atoms. The number of benzene rings is 2. The van der Waals surface area contributed by atoms with Gasteiger partial charge < -0.3 is 5.21 Å². The normalized spacial score (nSPS) is 11.3. The second-order valence-electron chi connectivity index (χ2n) is 3.47. The van der Waals surface area contributed by atoms with Gasteiger partial charge in [-0.2, -0.15) is 0 Å². The molecular weight excluding hydrogens is 273 g/mol. The van der Waals surface area contributed by atoms with Crippen LogP contribution in [0.3, 0.4) is 0 Å². The lowest BCUT2D eigenvalue weighted by atomic mass is 10.3. The van der Waals surface area contributed by atoms with E-state index in [1.807, 2.05) is 0 Å². The second kappa shape index (κ2) is 5.71. The summed E-state index contributed by atoms with van der Waals surface area (Å²) in [6.07, 6.45) is 0. The van der Waals surface area contributed by atoms with E-state index in [-0.39, 0.29) is 0 Å². The van der Waals surface area contributed by atoms with Crippen LogP contribution in [-0.4, -0.2) is 4.86 Å². The van der Waals surface area contributed by atoms with E-state index in [4.69, 9.17) is 23.2 Å². The van der Waals surface area contributed by atoms with Crippen molar-refractivity contribution in [3.05, 3.63) is 63.8 Å². The Bertz CT molecular complexity index is 553. The molecule has 18 heavy (non-hydrogen) atoms. The minimum Gasteiger partial charge on any atom is -0.691 e. The van der Waals surface area contributed by atoms with Crippen LogP contribution in [0.15, 0.2) is 53.8 Å². The maximum atomic E-state index is 11.6. The number of hydrogen-bond acceptors (Lipinski definition) is 2. The standard InChI is InChI=1S/C12H9Cl2N3O/c13-9-1-5-11(6-2-9)15-16-17(18)12-7-3-10(14)4-8-12/h1-8,15H. The second-order valence-corrected chi connectivity index (χ2v) is 4.34. The van der Waals surface area contributed by atoms with Crippen molar-refractivity contribution in [1.29, 1.82) is 0 Å².